The second kappa shape index (κ2) is 4.50. The van der Waals surface area contributed by atoms with Gasteiger partial charge in [-0.25, -0.2) is 4.98 Å². The Morgan fingerprint density at radius 1 is 1.05 bits per heavy atom. The lowest BCUT2D eigenvalue weighted by Crippen LogP contribution is -1.96. The van der Waals surface area contributed by atoms with Crippen LogP contribution in [0.2, 0.25) is 0 Å². The maximum Gasteiger partial charge on any atom is 0.253 e. The minimum Gasteiger partial charge on any atom is -0.264 e. The molecule has 4 heterocycles. The molecule has 0 aromatic carbocycles. The zero-order valence-electron chi connectivity index (χ0n) is 10.3. The molecule has 0 aliphatic rings. The van der Waals surface area contributed by atoms with Crippen LogP contribution < -0.4 is 0 Å². The fourth-order valence-corrected chi connectivity index (χ4v) is 2.69. The molecule has 4 aromatic heterocycles. The summed E-state index contributed by atoms with van der Waals surface area (Å²) in [7, 11) is 0. The van der Waals surface area contributed by atoms with Crippen LogP contribution in [0.5, 0.6) is 0 Å². The molecule has 0 aliphatic heterocycles. The maximum absolute atomic E-state index is 4.56. The van der Waals surface area contributed by atoms with E-state index < -0.39 is 0 Å². The van der Waals surface area contributed by atoms with Crippen molar-refractivity contribution in [1.29, 1.82) is 0 Å². The zero-order valence-corrected chi connectivity index (χ0v) is 11.2. The highest BCUT2D eigenvalue weighted by Gasteiger charge is 2.11. The summed E-state index contributed by atoms with van der Waals surface area (Å²) in [4.78, 5) is 13.9. The fourth-order valence-electron chi connectivity index (χ4n) is 2.04. The lowest BCUT2D eigenvalue weighted by Gasteiger charge is -2.01. The van der Waals surface area contributed by atoms with Gasteiger partial charge in [0, 0.05) is 24.2 Å². The number of nitrogens with zero attached hydrogens (tertiary/aromatic N) is 5. The standard InChI is InChI=1S/C14H9N5S/c1-3-10(9-15-6-1)11-5-7-16-14-17-13(18-19(11)14)12-4-2-8-20-12/h1-9H. The molecule has 0 bridgehead atoms. The number of pyridine rings is 1. The highest BCUT2D eigenvalue weighted by molar-refractivity contribution is 7.13. The normalized spacial score (nSPS) is 11.0. The van der Waals surface area contributed by atoms with Crippen LogP contribution in [0, 0.1) is 0 Å². The van der Waals surface area contributed by atoms with E-state index in [9.17, 15) is 0 Å². The molecule has 0 saturated carbocycles. The summed E-state index contributed by atoms with van der Waals surface area (Å²) >= 11 is 1.61. The van der Waals surface area contributed by atoms with E-state index >= 15 is 0 Å². The Morgan fingerprint density at radius 3 is 2.85 bits per heavy atom. The summed E-state index contributed by atoms with van der Waals surface area (Å²) in [5, 5.41) is 6.57. The molecule has 0 spiro atoms. The molecule has 0 saturated heterocycles. The van der Waals surface area contributed by atoms with Crippen molar-refractivity contribution < 1.29 is 0 Å². The van der Waals surface area contributed by atoms with Crippen LogP contribution in [0.4, 0.5) is 0 Å². The molecule has 0 N–H and O–H groups in total. The summed E-state index contributed by atoms with van der Waals surface area (Å²) in [6.45, 7) is 0. The zero-order chi connectivity index (χ0) is 13.4. The van der Waals surface area contributed by atoms with Gasteiger partial charge in [-0.1, -0.05) is 6.07 Å². The van der Waals surface area contributed by atoms with Crippen molar-refractivity contribution in [2.45, 2.75) is 0 Å². The minimum absolute atomic E-state index is 0.592. The molecule has 0 aliphatic carbocycles. The second-order valence-corrected chi connectivity index (χ2v) is 5.14. The van der Waals surface area contributed by atoms with Crippen molar-refractivity contribution in [2.75, 3.05) is 0 Å². The lowest BCUT2D eigenvalue weighted by molar-refractivity contribution is 0.951. The van der Waals surface area contributed by atoms with E-state index in [4.69, 9.17) is 0 Å². The summed E-state index contributed by atoms with van der Waals surface area (Å²) in [5.74, 6) is 1.29. The number of aromatic nitrogens is 5. The third-order valence-corrected chi connectivity index (χ3v) is 3.81. The number of hydrogen-bond donors (Lipinski definition) is 0. The Balaban J connectivity index is 1.95. The van der Waals surface area contributed by atoms with Crippen LogP contribution >= 0.6 is 11.3 Å². The Hall–Kier alpha value is -2.60. The Kier molecular flexibility index (Phi) is 2.53. The SMILES string of the molecule is c1cncc(-c2ccnc3nc(-c4cccs4)nn23)c1. The van der Waals surface area contributed by atoms with E-state index in [1.807, 2.05) is 35.7 Å². The molecule has 0 radical (unpaired) electrons. The predicted octanol–water partition coefficient (Wildman–Crippen LogP) is 2.91. The first-order chi connectivity index (χ1) is 9.92. The van der Waals surface area contributed by atoms with E-state index in [0.29, 0.717) is 11.6 Å². The molecular weight excluding hydrogens is 270 g/mol. The van der Waals surface area contributed by atoms with Gasteiger partial charge in [-0.05, 0) is 29.6 Å². The number of fused-ring (bicyclic) bond motifs is 1. The molecule has 20 heavy (non-hydrogen) atoms. The second-order valence-electron chi connectivity index (χ2n) is 4.20. The smallest absolute Gasteiger partial charge is 0.253 e. The first-order valence-corrected chi connectivity index (χ1v) is 6.96. The average Bonchev–Trinajstić information content (AvgIpc) is 3.16. The summed E-state index contributed by atoms with van der Waals surface area (Å²) < 4.78 is 1.76. The van der Waals surface area contributed by atoms with Gasteiger partial charge >= 0.3 is 0 Å². The van der Waals surface area contributed by atoms with Gasteiger partial charge in [0.2, 0.25) is 0 Å². The van der Waals surface area contributed by atoms with Crippen molar-refractivity contribution in [1.82, 2.24) is 24.6 Å². The molecular formula is C14H9N5S. The molecule has 0 unspecified atom stereocenters. The van der Waals surface area contributed by atoms with E-state index in [1.54, 1.807) is 34.4 Å². The summed E-state index contributed by atoms with van der Waals surface area (Å²) in [6, 6.07) is 9.80. The van der Waals surface area contributed by atoms with Crippen LogP contribution in [-0.2, 0) is 0 Å². The van der Waals surface area contributed by atoms with E-state index in [0.717, 1.165) is 16.1 Å². The molecule has 0 atom stereocenters. The van der Waals surface area contributed by atoms with Crippen molar-refractivity contribution >= 4 is 17.1 Å². The number of hydrogen-bond acceptors (Lipinski definition) is 5. The van der Waals surface area contributed by atoms with Crippen LogP contribution in [0.25, 0.3) is 27.7 Å². The first-order valence-electron chi connectivity index (χ1n) is 6.08. The topological polar surface area (TPSA) is 56.0 Å². The molecule has 4 aromatic rings. The minimum atomic E-state index is 0.592. The maximum atomic E-state index is 4.56. The van der Waals surface area contributed by atoms with Crippen LogP contribution in [-0.4, -0.2) is 24.6 Å². The van der Waals surface area contributed by atoms with Crippen LogP contribution in [0.15, 0.2) is 54.3 Å². The number of thiophene rings is 1. The average molecular weight is 279 g/mol. The first kappa shape index (κ1) is 11.2. The molecule has 6 heteroatoms. The van der Waals surface area contributed by atoms with E-state index in [2.05, 4.69) is 20.1 Å². The van der Waals surface area contributed by atoms with Crippen molar-refractivity contribution in [2.24, 2.45) is 0 Å². The van der Waals surface area contributed by atoms with E-state index in [-0.39, 0.29) is 0 Å². The highest BCUT2D eigenvalue weighted by atomic mass is 32.1. The van der Waals surface area contributed by atoms with Crippen molar-refractivity contribution in [3.8, 4) is 22.0 Å². The Bertz CT molecular complexity index is 852. The number of rotatable bonds is 2. The van der Waals surface area contributed by atoms with Gasteiger partial charge in [0.1, 0.15) is 0 Å². The van der Waals surface area contributed by atoms with Gasteiger partial charge < -0.3 is 0 Å². The Morgan fingerprint density at radius 2 is 2.05 bits per heavy atom. The predicted molar refractivity (Wildman–Crippen MR) is 77.3 cm³/mol. The molecule has 0 amide bonds. The lowest BCUT2D eigenvalue weighted by atomic mass is 10.2. The van der Waals surface area contributed by atoms with Gasteiger partial charge in [-0.3, -0.25) is 4.98 Å². The molecule has 96 valence electrons. The van der Waals surface area contributed by atoms with Gasteiger partial charge in [0.25, 0.3) is 5.78 Å². The summed E-state index contributed by atoms with van der Waals surface area (Å²) in [6.07, 6.45) is 5.30. The van der Waals surface area contributed by atoms with Gasteiger partial charge in [0.05, 0.1) is 10.6 Å². The van der Waals surface area contributed by atoms with Crippen LogP contribution in [0.1, 0.15) is 0 Å². The molecule has 5 nitrogen and oxygen atoms in total. The fraction of sp³-hybridized carbons (Fsp3) is 0. The Labute approximate surface area is 118 Å². The summed E-state index contributed by atoms with van der Waals surface area (Å²) in [5.41, 5.74) is 1.92. The van der Waals surface area contributed by atoms with Crippen molar-refractivity contribution in [3.63, 3.8) is 0 Å². The monoisotopic (exact) mass is 279 g/mol. The third-order valence-electron chi connectivity index (χ3n) is 2.94. The largest absolute Gasteiger partial charge is 0.264 e. The van der Waals surface area contributed by atoms with Gasteiger partial charge in [-0.2, -0.15) is 9.50 Å². The third kappa shape index (κ3) is 1.78. The van der Waals surface area contributed by atoms with E-state index in [1.165, 1.54) is 0 Å². The van der Waals surface area contributed by atoms with Gasteiger partial charge in [0.15, 0.2) is 5.82 Å². The van der Waals surface area contributed by atoms with Crippen molar-refractivity contribution in [3.05, 3.63) is 54.3 Å². The highest BCUT2D eigenvalue weighted by Crippen LogP contribution is 2.23. The van der Waals surface area contributed by atoms with Crippen LogP contribution in [0.3, 0.4) is 0 Å². The molecule has 4 rings (SSSR count). The van der Waals surface area contributed by atoms with Gasteiger partial charge in [-0.15, -0.1) is 16.4 Å². The molecule has 0 fully saturated rings. The quantitative estimate of drug-likeness (QED) is 0.566.